The van der Waals surface area contributed by atoms with E-state index in [0.717, 1.165) is 11.0 Å². The summed E-state index contributed by atoms with van der Waals surface area (Å²) in [5.41, 5.74) is 2.21. The van der Waals surface area contributed by atoms with Gasteiger partial charge in [-0.2, -0.15) is 0 Å². The molecule has 0 N–H and O–H groups in total. The molecule has 0 unspecified atom stereocenters. The van der Waals surface area contributed by atoms with Crippen LogP contribution in [0.4, 0.5) is 5.69 Å². The predicted octanol–water partition coefficient (Wildman–Crippen LogP) is 2.82. The van der Waals surface area contributed by atoms with Gasteiger partial charge in [0.1, 0.15) is 17.8 Å². The summed E-state index contributed by atoms with van der Waals surface area (Å²) < 4.78 is 1.86. The molecular formula is C12H8N4O. The summed E-state index contributed by atoms with van der Waals surface area (Å²) >= 11 is 0. The van der Waals surface area contributed by atoms with Gasteiger partial charge >= 0.3 is 0 Å². The van der Waals surface area contributed by atoms with Crippen LogP contribution in [-0.4, -0.2) is 14.5 Å². The number of nitroso groups, excluding NO2 is 1. The van der Waals surface area contributed by atoms with E-state index in [9.17, 15) is 4.91 Å². The number of pyridine rings is 1. The maximum atomic E-state index is 10.3. The maximum absolute atomic E-state index is 10.3. The molecule has 0 aliphatic heterocycles. The van der Waals surface area contributed by atoms with Gasteiger partial charge in [-0.15, -0.1) is 4.91 Å². The number of imidazole rings is 1. The van der Waals surface area contributed by atoms with Crippen LogP contribution in [0.25, 0.3) is 16.9 Å². The van der Waals surface area contributed by atoms with E-state index in [1.807, 2.05) is 28.8 Å². The van der Waals surface area contributed by atoms with Crippen LogP contribution in [0, 0.1) is 4.91 Å². The van der Waals surface area contributed by atoms with E-state index < -0.39 is 0 Å². The fourth-order valence-electron chi connectivity index (χ4n) is 1.72. The molecule has 3 aromatic rings. The van der Waals surface area contributed by atoms with Crippen LogP contribution in [0.2, 0.25) is 0 Å². The van der Waals surface area contributed by atoms with Crippen LogP contribution in [0.15, 0.2) is 54.1 Å². The second-order valence-corrected chi connectivity index (χ2v) is 3.57. The zero-order valence-electron chi connectivity index (χ0n) is 8.82. The van der Waals surface area contributed by atoms with E-state index >= 15 is 0 Å². The van der Waals surface area contributed by atoms with Crippen molar-refractivity contribution in [1.29, 1.82) is 0 Å². The second kappa shape index (κ2) is 3.79. The van der Waals surface area contributed by atoms with Crippen LogP contribution in [0.1, 0.15) is 0 Å². The lowest BCUT2D eigenvalue weighted by Crippen LogP contribution is -1.94. The molecule has 0 aliphatic rings. The van der Waals surface area contributed by atoms with Crippen molar-refractivity contribution in [2.24, 2.45) is 5.18 Å². The molecule has 5 nitrogen and oxygen atoms in total. The molecule has 17 heavy (non-hydrogen) atoms. The summed E-state index contributed by atoms with van der Waals surface area (Å²) in [6.07, 6.45) is 3.15. The van der Waals surface area contributed by atoms with Crippen molar-refractivity contribution in [2.45, 2.75) is 0 Å². The summed E-state index contributed by atoms with van der Waals surface area (Å²) in [5.74, 6) is 0.714. The first-order chi connectivity index (χ1) is 8.38. The van der Waals surface area contributed by atoms with Crippen molar-refractivity contribution < 1.29 is 0 Å². The molecule has 0 spiro atoms. The number of hydrogen-bond donors (Lipinski definition) is 0. The number of benzene rings is 1. The molecule has 3 rings (SSSR count). The minimum Gasteiger partial charge on any atom is -0.283 e. The fourth-order valence-corrected chi connectivity index (χ4v) is 1.72. The van der Waals surface area contributed by atoms with Gasteiger partial charge in [-0.25, -0.2) is 9.97 Å². The summed E-state index contributed by atoms with van der Waals surface area (Å²) in [5, 5.41) is 2.82. The lowest BCUT2D eigenvalue weighted by Gasteiger charge is -2.02. The lowest BCUT2D eigenvalue weighted by molar-refractivity contribution is 1.02. The van der Waals surface area contributed by atoms with Gasteiger partial charge in [-0.1, -0.05) is 12.1 Å². The molecule has 82 valence electrons. The molecule has 0 atom stereocenters. The minimum atomic E-state index is 0.318. The molecule has 0 aliphatic carbocycles. The third-order valence-corrected chi connectivity index (χ3v) is 2.54. The van der Waals surface area contributed by atoms with E-state index in [4.69, 9.17) is 0 Å². The summed E-state index contributed by atoms with van der Waals surface area (Å²) in [4.78, 5) is 18.8. The molecule has 0 amide bonds. The van der Waals surface area contributed by atoms with E-state index in [0.29, 0.717) is 11.5 Å². The Morgan fingerprint density at radius 1 is 1.06 bits per heavy atom. The van der Waals surface area contributed by atoms with Crippen molar-refractivity contribution in [3.05, 3.63) is 53.8 Å². The maximum Gasteiger partial charge on any atom is 0.138 e. The molecule has 1 aromatic carbocycles. The SMILES string of the molecule is O=Nc1ccc(-n2cnc3ccccc32)nc1. The van der Waals surface area contributed by atoms with Gasteiger partial charge in [-0.3, -0.25) is 4.57 Å². The average molecular weight is 224 g/mol. The second-order valence-electron chi connectivity index (χ2n) is 3.57. The van der Waals surface area contributed by atoms with Crippen molar-refractivity contribution in [2.75, 3.05) is 0 Å². The van der Waals surface area contributed by atoms with Crippen LogP contribution in [0.5, 0.6) is 0 Å². The molecule has 0 bridgehead atoms. The first-order valence-corrected chi connectivity index (χ1v) is 5.10. The molecule has 0 saturated heterocycles. The number of nitrogens with zero attached hydrogens (tertiary/aromatic N) is 4. The van der Waals surface area contributed by atoms with Gasteiger partial charge in [0, 0.05) is 0 Å². The number of aromatic nitrogens is 3. The van der Waals surface area contributed by atoms with Gasteiger partial charge in [0.2, 0.25) is 0 Å². The highest BCUT2D eigenvalue weighted by atomic mass is 16.3. The third-order valence-electron chi connectivity index (χ3n) is 2.54. The van der Waals surface area contributed by atoms with Crippen molar-refractivity contribution in [3.63, 3.8) is 0 Å². The topological polar surface area (TPSA) is 60.1 Å². The Morgan fingerprint density at radius 2 is 1.94 bits per heavy atom. The van der Waals surface area contributed by atoms with Gasteiger partial charge < -0.3 is 0 Å². The van der Waals surface area contributed by atoms with Gasteiger partial charge in [0.25, 0.3) is 0 Å². The predicted molar refractivity (Wildman–Crippen MR) is 64.3 cm³/mol. The Labute approximate surface area is 96.7 Å². The molecule has 0 saturated carbocycles. The van der Waals surface area contributed by atoms with Crippen LogP contribution >= 0.6 is 0 Å². The standard InChI is InChI=1S/C12H8N4O/c17-15-9-5-6-12(13-7-9)16-8-14-10-3-1-2-4-11(10)16/h1-8H. The smallest absolute Gasteiger partial charge is 0.138 e. The third kappa shape index (κ3) is 1.57. The van der Waals surface area contributed by atoms with Crippen LogP contribution < -0.4 is 0 Å². The average Bonchev–Trinajstić information content (AvgIpc) is 2.83. The minimum absolute atomic E-state index is 0.318. The van der Waals surface area contributed by atoms with Crippen molar-refractivity contribution in [1.82, 2.24) is 14.5 Å². The normalized spacial score (nSPS) is 10.6. The van der Waals surface area contributed by atoms with Gasteiger partial charge in [0.05, 0.1) is 17.2 Å². The Morgan fingerprint density at radius 3 is 2.71 bits per heavy atom. The highest BCUT2D eigenvalue weighted by molar-refractivity contribution is 5.76. The van der Waals surface area contributed by atoms with E-state index in [1.54, 1.807) is 18.5 Å². The van der Waals surface area contributed by atoms with Gasteiger partial charge in [0.15, 0.2) is 0 Å². The van der Waals surface area contributed by atoms with E-state index in [1.165, 1.54) is 6.20 Å². The molecule has 5 heteroatoms. The number of hydrogen-bond acceptors (Lipinski definition) is 4. The number of para-hydroxylation sites is 2. The Bertz CT molecular complexity index is 672. The lowest BCUT2D eigenvalue weighted by atomic mass is 10.3. The largest absolute Gasteiger partial charge is 0.283 e. The van der Waals surface area contributed by atoms with E-state index in [-0.39, 0.29) is 0 Å². The van der Waals surface area contributed by atoms with Crippen molar-refractivity contribution >= 4 is 16.7 Å². The molecule has 2 aromatic heterocycles. The molecule has 0 fully saturated rings. The highest BCUT2D eigenvalue weighted by Gasteiger charge is 2.04. The number of rotatable bonds is 2. The van der Waals surface area contributed by atoms with Gasteiger partial charge in [-0.05, 0) is 29.4 Å². The van der Waals surface area contributed by atoms with Crippen LogP contribution in [-0.2, 0) is 0 Å². The molecular weight excluding hydrogens is 216 g/mol. The highest BCUT2D eigenvalue weighted by Crippen LogP contribution is 2.18. The number of fused-ring (bicyclic) bond motifs is 1. The molecule has 0 radical (unpaired) electrons. The summed E-state index contributed by atoms with van der Waals surface area (Å²) in [7, 11) is 0. The summed E-state index contributed by atoms with van der Waals surface area (Å²) in [6, 6.07) is 11.2. The van der Waals surface area contributed by atoms with Crippen LogP contribution in [0.3, 0.4) is 0 Å². The summed E-state index contributed by atoms with van der Waals surface area (Å²) in [6.45, 7) is 0. The monoisotopic (exact) mass is 224 g/mol. The zero-order valence-corrected chi connectivity index (χ0v) is 8.82. The quantitative estimate of drug-likeness (QED) is 0.629. The Kier molecular flexibility index (Phi) is 2.15. The Hall–Kier alpha value is -2.56. The fraction of sp³-hybridized carbons (Fsp3) is 0. The first-order valence-electron chi connectivity index (χ1n) is 5.10. The Balaban J connectivity index is 2.16. The van der Waals surface area contributed by atoms with Crippen molar-refractivity contribution in [3.8, 4) is 5.82 Å². The first kappa shape index (κ1) is 9.65. The zero-order chi connectivity index (χ0) is 11.7. The van der Waals surface area contributed by atoms with E-state index in [2.05, 4.69) is 15.1 Å². The molecule has 2 heterocycles.